The number of ketones is 1. The van der Waals surface area contributed by atoms with Crippen molar-refractivity contribution in [3.63, 3.8) is 0 Å². The second-order valence-corrected chi connectivity index (χ2v) is 3.24. The third-order valence-corrected chi connectivity index (χ3v) is 2.61. The predicted octanol–water partition coefficient (Wildman–Crippen LogP) is 1.49. The average Bonchev–Trinajstić information content (AvgIpc) is 2.31. The highest BCUT2D eigenvalue weighted by molar-refractivity contribution is 5.97. The van der Waals surface area contributed by atoms with E-state index >= 15 is 0 Å². The maximum atomic E-state index is 13.2. The molecule has 1 nitrogen and oxygen atoms in total. The first kappa shape index (κ1) is 6.08. The summed E-state index contributed by atoms with van der Waals surface area (Å²) in [5.41, 5.74) is -1.54. The largest absolute Gasteiger partial charge is 0.296 e. The number of halogens is 1. The molecule has 0 aromatic heterocycles. The van der Waals surface area contributed by atoms with Gasteiger partial charge in [0.1, 0.15) is 0 Å². The van der Waals surface area contributed by atoms with E-state index in [1.54, 1.807) is 0 Å². The second-order valence-electron chi connectivity index (χ2n) is 3.24. The van der Waals surface area contributed by atoms with Gasteiger partial charge in [0.15, 0.2) is 11.5 Å². The zero-order valence-electron chi connectivity index (χ0n) is 5.80. The Hall–Kier alpha value is -0.660. The van der Waals surface area contributed by atoms with Crippen LogP contribution in [0.1, 0.15) is 13.3 Å². The van der Waals surface area contributed by atoms with Gasteiger partial charge in [-0.1, -0.05) is 12.2 Å². The zero-order chi connectivity index (χ0) is 7.35. The van der Waals surface area contributed by atoms with Crippen LogP contribution in [0.3, 0.4) is 0 Å². The van der Waals surface area contributed by atoms with E-state index in [0.717, 1.165) is 6.42 Å². The summed E-state index contributed by atoms with van der Waals surface area (Å²) in [5.74, 6) is -0.336. The van der Waals surface area contributed by atoms with Crippen LogP contribution in [0.5, 0.6) is 0 Å². The van der Waals surface area contributed by atoms with Gasteiger partial charge in [-0.15, -0.1) is 0 Å². The van der Waals surface area contributed by atoms with Gasteiger partial charge in [-0.25, -0.2) is 4.39 Å². The van der Waals surface area contributed by atoms with Crippen molar-refractivity contribution < 1.29 is 9.18 Å². The Kier molecular flexibility index (Phi) is 0.908. The van der Waals surface area contributed by atoms with Gasteiger partial charge in [-0.2, -0.15) is 0 Å². The number of hydrogen-bond acceptors (Lipinski definition) is 1. The minimum Gasteiger partial charge on any atom is -0.296 e. The smallest absolute Gasteiger partial charge is 0.174 e. The van der Waals surface area contributed by atoms with Crippen LogP contribution < -0.4 is 0 Å². The lowest BCUT2D eigenvalue weighted by molar-refractivity contribution is -0.152. The van der Waals surface area contributed by atoms with Crippen LogP contribution >= 0.6 is 0 Å². The van der Waals surface area contributed by atoms with E-state index in [0.29, 0.717) is 0 Å². The van der Waals surface area contributed by atoms with Crippen LogP contribution in [0, 0.1) is 11.8 Å². The number of Topliss-reactive ketones (excluding diaryl/α,β-unsaturated/α-hetero) is 1. The topological polar surface area (TPSA) is 17.1 Å². The first-order valence-electron chi connectivity index (χ1n) is 3.54. The van der Waals surface area contributed by atoms with Crippen LogP contribution in [0.4, 0.5) is 4.39 Å². The van der Waals surface area contributed by atoms with Gasteiger partial charge in [0.2, 0.25) is 0 Å². The molecule has 0 bridgehead atoms. The van der Waals surface area contributed by atoms with E-state index in [1.165, 1.54) is 6.92 Å². The Morgan fingerprint density at radius 2 is 2.50 bits per heavy atom. The summed E-state index contributed by atoms with van der Waals surface area (Å²) in [7, 11) is 0. The lowest BCUT2D eigenvalue weighted by atomic mass is 9.64. The molecule has 54 valence electrons. The molecule has 10 heavy (non-hydrogen) atoms. The van der Waals surface area contributed by atoms with Gasteiger partial charge in [-0.05, 0) is 13.3 Å². The Morgan fingerprint density at radius 1 is 1.80 bits per heavy atom. The molecule has 1 fully saturated rings. The maximum absolute atomic E-state index is 13.2. The summed E-state index contributed by atoms with van der Waals surface area (Å²) in [5, 5.41) is 0. The van der Waals surface area contributed by atoms with Crippen molar-refractivity contribution in [2.45, 2.75) is 19.0 Å². The molecule has 2 rings (SSSR count). The molecule has 2 heteroatoms. The first-order valence-corrected chi connectivity index (χ1v) is 3.54. The van der Waals surface area contributed by atoms with E-state index in [9.17, 15) is 9.18 Å². The molecule has 1 saturated carbocycles. The first-order chi connectivity index (χ1) is 4.64. The minimum absolute atomic E-state index is 0.0185. The molecule has 0 radical (unpaired) electrons. The fraction of sp³-hybridized carbons (Fsp3) is 0.625. The van der Waals surface area contributed by atoms with Crippen molar-refractivity contribution in [1.82, 2.24) is 0 Å². The van der Waals surface area contributed by atoms with Crippen molar-refractivity contribution in [2.75, 3.05) is 0 Å². The van der Waals surface area contributed by atoms with Gasteiger partial charge in [0.05, 0.1) is 0 Å². The second kappa shape index (κ2) is 1.49. The number of allylic oxidation sites excluding steroid dienone is 2. The van der Waals surface area contributed by atoms with Gasteiger partial charge in [0, 0.05) is 11.8 Å². The highest BCUT2D eigenvalue weighted by Crippen LogP contribution is 2.49. The van der Waals surface area contributed by atoms with Crippen molar-refractivity contribution in [3.8, 4) is 0 Å². The number of rotatable bonds is 0. The number of fused-ring (bicyclic) bond motifs is 1. The summed E-state index contributed by atoms with van der Waals surface area (Å²) in [6.45, 7) is 1.38. The zero-order valence-corrected chi connectivity index (χ0v) is 5.80. The van der Waals surface area contributed by atoms with E-state index in [-0.39, 0.29) is 17.6 Å². The molecular weight excluding hydrogens is 131 g/mol. The molecule has 0 aromatic rings. The highest BCUT2D eigenvalue weighted by atomic mass is 19.1. The molecule has 0 spiro atoms. The monoisotopic (exact) mass is 140 g/mol. The fourth-order valence-corrected chi connectivity index (χ4v) is 1.91. The summed E-state index contributed by atoms with van der Waals surface area (Å²) >= 11 is 0. The van der Waals surface area contributed by atoms with Crippen molar-refractivity contribution >= 4 is 5.78 Å². The highest BCUT2D eigenvalue weighted by Gasteiger charge is 2.59. The van der Waals surface area contributed by atoms with Crippen LogP contribution in [-0.2, 0) is 4.79 Å². The summed E-state index contributed by atoms with van der Waals surface area (Å²) in [6, 6.07) is 0. The molecule has 0 unspecified atom stereocenters. The molecule has 0 amide bonds. The molecule has 0 aliphatic heterocycles. The molecule has 2 aliphatic rings. The SMILES string of the molecule is C[C@@]1(F)C(=O)[C@H]2CC=C[C@H]21. The number of carbonyl (C=O) groups is 1. The third-order valence-electron chi connectivity index (χ3n) is 2.61. The van der Waals surface area contributed by atoms with Crippen molar-refractivity contribution in [3.05, 3.63) is 12.2 Å². The van der Waals surface area contributed by atoms with Gasteiger partial charge in [0.25, 0.3) is 0 Å². The van der Waals surface area contributed by atoms with Crippen molar-refractivity contribution in [2.24, 2.45) is 11.8 Å². The normalized spacial score (nSPS) is 50.8. The van der Waals surface area contributed by atoms with E-state index < -0.39 is 5.67 Å². The third kappa shape index (κ3) is 0.459. The molecule has 0 aromatic carbocycles. The average molecular weight is 140 g/mol. The van der Waals surface area contributed by atoms with E-state index in [1.807, 2.05) is 12.2 Å². The Balaban J connectivity index is 2.29. The quantitative estimate of drug-likeness (QED) is 0.466. The van der Waals surface area contributed by atoms with Gasteiger partial charge in [-0.3, -0.25) is 4.79 Å². The molecule has 3 atom stereocenters. The van der Waals surface area contributed by atoms with E-state index in [4.69, 9.17) is 0 Å². The van der Waals surface area contributed by atoms with Crippen molar-refractivity contribution in [1.29, 1.82) is 0 Å². The molecular formula is C8H9FO. The van der Waals surface area contributed by atoms with Crippen LogP contribution in [0.25, 0.3) is 0 Å². The minimum atomic E-state index is -1.54. The Labute approximate surface area is 58.9 Å². The predicted molar refractivity (Wildman–Crippen MR) is 35.3 cm³/mol. The van der Waals surface area contributed by atoms with Crippen LogP contribution in [0.2, 0.25) is 0 Å². The Morgan fingerprint density at radius 3 is 3.10 bits per heavy atom. The van der Waals surface area contributed by atoms with Crippen LogP contribution in [0.15, 0.2) is 12.2 Å². The lowest BCUT2D eigenvalue weighted by Gasteiger charge is -2.41. The standard InChI is InChI=1S/C8H9FO/c1-8(9)6-4-2-3-5(6)7(8)10/h2,4-6H,3H2,1H3/t5-,6+,8-/m0/s1. The summed E-state index contributed by atoms with van der Waals surface area (Å²) in [6.07, 6.45) is 4.48. The molecule has 0 N–H and O–H groups in total. The molecule has 2 aliphatic carbocycles. The maximum Gasteiger partial charge on any atom is 0.174 e. The summed E-state index contributed by atoms with van der Waals surface area (Å²) < 4.78 is 13.2. The number of hydrogen-bond donors (Lipinski definition) is 0. The van der Waals surface area contributed by atoms with Gasteiger partial charge < -0.3 is 0 Å². The molecule has 0 heterocycles. The van der Waals surface area contributed by atoms with Gasteiger partial charge >= 0.3 is 0 Å². The Bertz CT molecular complexity index is 217. The number of alkyl halides is 1. The number of carbonyl (C=O) groups excluding carboxylic acids is 1. The van der Waals surface area contributed by atoms with Crippen LogP contribution in [-0.4, -0.2) is 11.5 Å². The van der Waals surface area contributed by atoms with E-state index in [2.05, 4.69) is 0 Å². The molecule has 0 saturated heterocycles. The fourth-order valence-electron chi connectivity index (χ4n) is 1.91. The summed E-state index contributed by atoms with van der Waals surface area (Å²) in [4.78, 5) is 10.9. The lowest BCUT2D eigenvalue weighted by Crippen LogP contribution is -2.56.